The minimum absolute atomic E-state index is 0.0278. The molecule has 0 aromatic rings. The Morgan fingerprint density at radius 3 is 1.67 bits per heavy atom. The normalized spacial score (nSPS) is 18.0. The summed E-state index contributed by atoms with van der Waals surface area (Å²) in [5.41, 5.74) is 0. The van der Waals surface area contributed by atoms with Crippen molar-refractivity contribution in [3.05, 3.63) is 0 Å². The first-order valence-corrected chi connectivity index (χ1v) is 10.5. The molecule has 1 fully saturated rings. The van der Waals surface area contributed by atoms with Crippen molar-refractivity contribution in [1.29, 1.82) is 0 Å². The van der Waals surface area contributed by atoms with E-state index in [9.17, 15) is 9.59 Å². The average molecular weight is 339 g/mol. The van der Waals surface area contributed by atoms with E-state index >= 15 is 0 Å². The van der Waals surface area contributed by atoms with Crippen molar-refractivity contribution in [1.82, 2.24) is 0 Å². The van der Waals surface area contributed by atoms with Crippen LogP contribution in [0.5, 0.6) is 0 Å². The Balaban J connectivity index is 1.78. The lowest BCUT2D eigenvalue weighted by Crippen LogP contribution is -2.27. The molecular weight excluding hydrogens is 300 g/mol. The summed E-state index contributed by atoms with van der Waals surface area (Å²) in [5, 5.41) is 0. The summed E-state index contributed by atoms with van der Waals surface area (Å²) in [6.07, 6.45) is 20.9. The summed E-state index contributed by atoms with van der Waals surface area (Å²) in [5.74, 6) is -0.668. The molecule has 0 N–H and O–H groups in total. The van der Waals surface area contributed by atoms with E-state index in [1.165, 1.54) is 83.5 Å². The molecule has 0 amide bonds. The molecule has 0 saturated carbocycles. The van der Waals surface area contributed by atoms with Crippen LogP contribution in [0.25, 0.3) is 0 Å². The van der Waals surface area contributed by atoms with Gasteiger partial charge < -0.3 is 4.74 Å². The third-order valence-corrected chi connectivity index (χ3v) is 5.15. The van der Waals surface area contributed by atoms with E-state index in [2.05, 4.69) is 6.92 Å². The number of carbonyl (C=O) groups is 2. The van der Waals surface area contributed by atoms with E-state index in [0.29, 0.717) is 12.8 Å². The summed E-state index contributed by atoms with van der Waals surface area (Å²) in [7, 11) is 0. The van der Waals surface area contributed by atoms with Crippen LogP contribution in [-0.2, 0) is 14.3 Å². The predicted molar refractivity (Wildman–Crippen MR) is 98.8 cm³/mol. The van der Waals surface area contributed by atoms with Crippen molar-refractivity contribution in [2.75, 3.05) is 0 Å². The van der Waals surface area contributed by atoms with Gasteiger partial charge in [0.2, 0.25) is 0 Å². The maximum Gasteiger partial charge on any atom is 0.316 e. The fourth-order valence-electron chi connectivity index (χ4n) is 3.50. The third-order valence-electron chi connectivity index (χ3n) is 5.15. The van der Waals surface area contributed by atoms with Crippen LogP contribution >= 0.6 is 0 Å². The van der Waals surface area contributed by atoms with Crippen LogP contribution in [-0.4, -0.2) is 11.9 Å². The molecule has 24 heavy (non-hydrogen) atoms. The maximum atomic E-state index is 11.5. The molecule has 1 heterocycles. The number of ether oxygens (including phenoxy) is 1. The van der Waals surface area contributed by atoms with Gasteiger partial charge in [-0.05, 0) is 12.8 Å². The van der Waals surface area contributed by atoms with Crippen LogP contribution in [0.15, 0.2) is 0 Å². The molecule has 0 spiro atoms. The fraction of sp³-hybridized carbons (Fsp3) is 0.905. The highest BCUT2D eigenvalue weighted by molar-refractivity contribution is 5.89. The zero-order chi connectivity index (χ0) is 17.5. The first kappa shape index (κ1) is 21.2. The van der Waals surface area contributed by atoms with Gasteiger partial charge in [-0.3, -0.25) is 9.59 Å². The van der Waals surface area contributed by atoms with Crippen molar-refractivity contribution >= 4 is 11.9 Å². The second kappa shape index (κ2) is 14.5. The van der Waals surface area contributed by atoms with E-state index in [0.717, 1.165) is 12.8 Å². The maximum absolute atomic E-state index is 11.5. The zero-order valence-corrected chi connectivity index (χ0v) is 15.8. The molecule has 1 rings (SSSR count). The largest absolute Gasteiger partial charge is 0.393 e. The van der Waals surface area contributed by atoms with Gasteiger partial charge in [-0.15, -0.1) is 0 Å². The lowest BCUT2D eigenvalue weighted by atomic mass is 9.94. The van der Waals surface area contributed by atoms with Gasteiger partial charge in [0, 0.05) is 6.42 Å². The number of rotatable bonds is 15. The molecule has 0 aliphatic carbocycles. The van der Waals surface area contributed by atoms with Crippen LogP contribution in [0.1, 0.15) is 116 Å². The smallest absolute Gasteiger partial charge is 0.316 e. The Bertz CT molecular complexity index is 338. The van der Waals surface area contributed by atoms with Gasteiger partial charge in [0.1, 0.15) is 0 Å². The Morgan fingerprint density at radius 2 is 1.21 bits per heavy atom. The Morgan fingerprint density at radius 1 is 0.750 bits per heavy atom. The summed E-state index contributed by atoms with van der Waals surface area (Å²) in [6, 6.07) is 0. The molecule has 0 aromatic heterocycles. The lowest BCUT2D eigenvalue weighted by molar-refractivity contribution is -0.167. The van der Waals surface area contributed by atoms with Gasteiger partial charge in [0.05, 0.1) is 5.92 Å². The molecular formula is C21H38O3. The van der Waals surface area contributed by atoms with Gasteiger partial charge in [0.25, 0.3) is 0 Å². The second-order valence-electron chi connectivity index (χ2n) is 7.41. The fourth-order valence-corrected chi connectivity index (χ4v) is 3.50. The van der Waals surface area contributed by atoms with E-state index in [4.69, 9.17) is 4.74 Å². The molecule has 1 aliphatic heterocycles. The van der Waals surface area contributed by atoms with Gasteiger partial charge in [-0.2, -0.15) is 0 Å². The summed E-state index contributed by atoms with van der Waals surface area (Å²) < 4.78 is 4.69. The highest BCUT2D eigenvalue weighted by Gasteiger charge is 2.28. The summed E-state index contributed by atoms with van der Waals surface area (Å²) in [6.45, 7) is 2.27. The van der Waals surface area contributed by atoms with E-state index in [1.54, 1.807) is 0 Å². The van der Waals surface area contributed by atoms with E-state index in [1.807, 2.05) is 0 Å². The molecule has 0 aromatic carbocycles. The van der Waals surface area contributed by atoms with Crippen molar-refractivity contribution in [2.24, 2.45) is 5.92 Å². The van der Waals surface area contributed by atoms with Crippen LogP contribution < -0.4 is 0 Å². The average Bonchev–Trinajstić information content (AvgIpc) is 2.57. The molecule has 1 atom stereocenters. The van der Waals surface area contributed by atoms with Crippen LogP contribution in [0.2, 0.25) is 0 Å². The van der Waals surface area contributed by atoms with E-state index < -0.39 is 0 Å². The molecule has 1 unspecified atom stereocenters. The first-order valence-electron chi connectivity index (χ1n) is 10.5. The Hall–Kier alpha value is -0.860. The zero-order valence-electron chi connectivity index (χ0n) is 15.8. The summed E-state index contributed by atoms with van der Waals surface area (Å²) in [4.78, 5) is 22.5. The van der Waals surface area contributed by atoms with Crippen LogP contribution in [0.4, 0.5) is 0 Å². The quantitative estimate of drug-likeness (QED) is 0.199. The third kappa shape index (κ3) is 10.8. The highest BCUT2D eigenvalue weighted by atomic mass is 16.6. The van der Waals surface area contributed by atoms with Gasteiger partial charge in [-0.25, -0.2) is 0 Å². The number of carbonyl (C=O) groups excluding carboxylic acids is 2. The second-order valence-corrected chi connectivity index (χ2v) is 7.41. The number of hydrogen-bond acceptors (Lipinski definition) is 3. The van der Waals surface area contributed by atoms with Crippen molar-refractivity contribution < 1.29 is 14.3 Å². The predicted octanol–water partition coefficient (Wildman–Crippen LogP) is 6.34. The van der Waals surface area contributed by atoms with Crippen molar-refractivity contribution in [2.45, 2.75) is 116 Å². The van der Waals surface area contributed by atoms with Gasteiger partial charge >= 0.3 is 11.9 Å². The molecule has 0 bridgehead atoms. The Labute approximate surface area is 148 Å². The van der Waals surface area contributed by atoms with Gasteiger partial charge in [0.15, 0.2) is 0 Å². The number of esters is 2. The van der Waals surface area contributed by atoms with Crippen LogP contribution in [0, 0.1) is 5.92 Å². The molecule has 1 saturated heterocycles. The molecule has 140 valence electrons. The minimum Gasteiger partial charge on any atom is -0.393 e. The molecule has 3 heteroatoms. The summed E-state index contributed by atoms with van der Waals surface area (Å²) >= 11 is 0. The first-order chi connectivity index (χ1) is 11.7. The van der Waals surface area contributed by atoms with Gasteiger partial charge in [-0.1, -0.05) is 96.8 Å². The molecule has 0 radical (unpaired) electrons. The molecule has 3 nitrogen and oxygen atoms in total. The van der Waals surface area contributed by atoms with Crippen molar-refractivity contribution in [3.63, 3.8) is 0 Å². The van der Waals surface area contributed by atoms with E-state index in [-0.39, 0.29) is 17.9 Å². The Kier molecular flexibility index (Phi) is 12.8. The molecule has 1 aliphatic rings. The number of unbranched alkanes of at least 4 members (excludes halogenated alkanes) is 13. The number of cyclic esters (lactones) is 2. The SMILES string of the molecule is CCCCCCCCCCCCCCCCC1CCC(=O)OC1=O. The minimum atomic E-state index is -0.350. The monoisotopic (exact) mass is 338 g/mol. The highest BCUT2D eigenvalue weighted by Crippen LogP contribution is 2.22. The number of hydrogen-bond donors (Lipinski definition) is 0. The van der Waals surface area contributed by atoms with Crippen molar-refractivity contribution in [3.8, 4) is 0 Å². The lowest BCUT2D eigenvalue weighted by Gasteiger charge is -2.18. The van der Waals surface area contributed by atoms with Crippen LogP contribution in [0.3, 0.4) is 0 Å². The standard InChI is InChI=1S/C21H38O3/c1-2-3-4-5-6-7-8-9-10-11-12-13-14-15-16-19-17-18-20(22)24-21(19)23/h19H,2-18H2,1H3. The topological polar surface area (TPSA) is 43.4 Å².